The smallest absolute Gasteiger partial charge is 0.254 e. The van der Waals surface area contributed by atoms with Crippen molar-refractivity contribution in [1.82, 2.24) is 24.0 Å². The molecule has 0 unspecified atom stereocenters. The van der Waals surface area contributed by atoms with Crippen LogP contribution in [0, 0.1) is 11.7 Å². The Morgan fingerprint density at radius 1 is 1.09 bits per heavy atom. The van der Waals surface area contributed by atoms with Gasteiger partial charge in [-0.1, -0.05) is 0 Å². The van der Waals surface area contributed by atoms with E-state index in [-0.39, 0.29) is 35.9 Å². The lowest BCUT2D eigenvalue weighted by molar-refractivity contribution is 0.0606. The lowest BCUT2D eigenvalue weighted by atomic mass is 10.0. The third kappa shape index (κ3) is 5.39. The van der Waals surface area contributed by atoms with Gasteiger partial charge in [0.25, 0.3) is 5.91 Å². The summed E-state index contributed by atoms with van der Waals surface area (Å²) in [5.41, 5.74) is 9.45. The van der Waals surface area contributed by atoms with Gasteiger partial charge in [-0.25, -0.2) is 32.3 Å². The van der Waals surface area contributed by atoms with E-state index in [1.807, 2.05) is 23.7 Å². The highest BCUT2D eigenvalue weighted by Gasteiger charge is 2.31. The maximum absolute atomic E-state index is 15.1. The molecule has 0 spiro atoms. The summed E-state index contributed by atoms with van der Waals surface area (Å²) in [6.07, 6.45) is 1.19. The zero-order valence-corrected chi connectivity index (χ0v) is 26.1. The molecule has 240 valence electrons. The van der Waals surface area contributed by atoms with Gasteiger partial charge >= 0.3 is 0 Å². The number of pyridine rings is 1. The number of aryl methyl sites for hydroxylation is 1. The molecule has 11 nitrogen and oxygen atoms in total. The van der Waals surface area contributed by atoms with Gasteiger partial charge in [-0.15, -0.1) is 0 Å². The number of hydrogen-bond acceptors (Lipinski definition) is 7. The first-order chi connectivity index (χ1) is 21.9. The summed E-state index contributed by atoms with van der Waals surface area (Å²) in [4.78, 5) is 24.4. The van der Waals surface area contributed by atoms with Gasteiger partial charge in [0.05, 0.1) is 35.5 Å². The average molecular weight is 650 g/mol. The van der Waals surface area contributed by atoms with Crippen molar-refractivity contribution in [3.8, 4) is 28.5 Å². The molecule has 4 N–H and O–H groups in total. The van der Waals surface area contributed by atoms with Crippen molar-refractivity contribution in [2.24, 2.45) is 23.8 Å². The molecule has 2 atom stereocenters. The maximum atomic E-state index is 15.1. The average Bonchev–Trinajstić information content (AvgIpc) is 3.68. The molecule has 14 heteroatoms. The lowest BCUT2D eigenvalue weighted by Gasteiger charge is -2.33. The van der Waals surface area contributed by atoms with Crippen molar-refractivity contribution in [3.05, 3.63) is 59.9 Å². The second-order valence-electron chi connectivity index (χ2n) is 12.2. The third-order valence-electron chi connectivity index (χ3n) is 8.78. The van der Waals surface area contributed by atoms with Crippen molar-refractivity contribution < 1.29 is 26.7 Å². The normalized spacial score (nSPS) is 18.9. The van der Waals surface area contributed by atoms with Gasteiger partial charge in [0.2, 0.25) is 10.0 Å². The first kappa shape index (κ1) is 30.3. The predicted molar refractivity (Wildman–Crippen MR) is 169 cm³/mol. The number of nitrogens with zero attached hydrogens (tertiary/aromatic N) is 5. The second-order valence-corrected chi connectivity index (χ2v) is 13.8. The largest absolute Gasteiger partial charge is 0.494 e. The molecule has 1 saturated carbocycles. The van der Waals surface area contributed by atoms with Crippen LogP contribution >= 0.6 is 0 Å². The molecule has 2 aliphatic rings. The van der Waals surface area contributed by atoms with Crippen LogP contribution in [-0.2, 0) is 23.6 Å². The van der Waals surface area contributed by atoms with E-state index >= 15 is 4.39 Å². The zero-order chi connectivity index (χ0) is 32.5. The fourth-order valence-corrected chi connectivity index (χ4v) is 6.85. The number of methoxy groups -OCH3 is 1. The van der Waals surface area contributed by atoms with Crippen LogP contribution in [0.4, 0.5) is 8.78 Å². The number of amides is 1. The van der Waals surface area contributed by atoms with Crippen molar-refractivity contribution in [1.29, 1.82) is 0 Å². The Kier molecular flexibility index (Phi) is 7.33. The number of fused-ring (bicyclic) bond motifs is 2. The van der Waals surface area contributed by atoms with Gasteiger partial charge in [-0.2, -0.15) is 0 Å². The van der Waals surface area contributed by atoms with Crippen molar-refractivity contribution in [2.75, 3.05) is 20.2 Å². The number of primary sulfonamides is 1. The highest BCUT2D eigenvalue weighted by molar-refractivity contribution is 7.89. The summed E-state index contributed by atoms with van der Waals surface area (Å²) in [5.74, 6) is 0.429. The lowest BCUT2D eigenvalue weighted by Crippen LogP contribution is -2.50. The fourth-order valence-electron chi connectivity index (χ4n) is 6.33. The number of rotatable bonds is 7. The van der Waals surface area contributed by atoms with Crippen molar-refractivity contribution in [2.45, 2.75) is 42.9 Å². The molecule has 7 rings (SSSR count). The maximum Gasteiger partial charge on any atom is 0.254 e. The minimum Gasteiger partial charge on any atom is -0.494 e. The Morgan fingerprint density at radius 3 is 2.54 bits per heavy atom. The number of nitrogens with two attached hydrogens (primary N) is 2. The Balaban J connectivity index is 1.33. The molecule has 4 heterocycles. The van der Waals surface area contributed by atoms with Crippen LogP contribution in [0.5, 0.6) is 5.75 Å². The first-order valence-corrected chi connectivity index (χ1v) is 16.5. The second kappa shape index (κ2) is 11.1. The Morgan fingerprint density at radius 2 is 1.87 bits per heavy atom. The van der Waals surface area contributed by atoms with Crippen LogP contribution in [0.2, 0.25) is 0 Å². The number of halogens is 2. The van der Waals surface area contributed by atoms with E-state index in [0.29, 0.717) is 52.0 Å². The van der Waals surface area contributed by atoms with Crippen LogP contribution in [-0.4, -0.2) is 70.7 Å². The molecule has 2 fully saturated rings. The summed E-state index contributed by atoms with van der Waals surface area (Å²) in [5, 5.41) is 6.00. The number of ether oxygens (including phenoxy) is 1. The van der Waals surface area contributed by atoms with Gasteiger partial charge in [-0.3, -0.25) is 4.79 Å². The highest BCUT2D eigenvalue weighted by Crippen LogP contribution is 2.38. The number of benzene rings is 2. The first-order valence-electron chi connectivity index (χ1n) is 15.0. The van der Waals surface area contributed by atoms with Gasteiger partial charge in [0.1, 0.15) is 28.9 Å². The van der Waals surface area contributed by atoms with E-state index in [1.54, 1.807) is 18.2 Å². The quantitative estimate of drug-likeness (QED) is 0.271. The predicted octanol–water partition coefficient (Wildman–Crippen LogP) is 3.97. The SMILES string of the molecule is COc1cc(C(=O)N2C[C@H](N)C[C@@H](F)C2)cc2nc(-c3cc4ccc(-c5ccc(S(N)(=O)=O)cc5F)nc4n3CC3CC3)n(C)c12. The monoisotopic (exact) mass is 649 g/mol. The van der Waals surface area contributed by atoms with Gasteiger partial charge in [0, 0.05) is 42.7 Å². The van der Waals surface area contributed by atoms with E-state index in [4.69, 9.17) is 25.6 Å². The number of imidazole rings is 1. The van der Waals surface area contributed by atoms with Crippen LogP contribution < -0.4 is 15.6 Å². The van der Waals surface area contributed by atoms with Crippen LogP contribution in [0.1, 0.15) is 29.6 Å². The van der Waals surface area contributed by atoms with E-state index in [0.717, 1.165) is 30.0 Å². The topological polar surface area (TPSA) is 151 Å². The van der Waals surface area contributed by atoms with Crippen LogP contribution in [0.25, 0.3) is 44.8 Å². The van der Waals surface area contributed by atoms with Gasteiger partial charge in [-0.05, 0) is 73.7 Å². The molecule has 0 radical (unpaired) electrons. The number of hydrogen-bond donors (Lipinski definition) is 2. The molecule has 1 amide bonds. The fraction of sp³-hybridized carbons (Fsp3) is 0.344. The Bertz CT molecular complexity index is 2130. The van der Waals surface area contributed by atoms with Gasteiger partial charge in [0.15, 0.2) is 5.82 Å². The minimum atomic E-state index is -4.06. The molecule has 46 heavy (non-hydrogen) atoms. The van der Waals surface area contributed by atoms with Crippen LogP contribution in [0.3, 0.4) is 0 Å². The molecule has 0 bridgehead atoms. The van der Waals surface area contributed by atoms with Crippen molar-refractivity contribution >= 4 is 38.0 Å². The van der Waals surface area contributed by atoms with E-state index in [9.17, 15) is 17.6 Å². The number of piperidine rings is 1. The van der Waals surface area contributed by atoms with Crippen LogP contribution in [0.15, 0.2) is 53.4 Å². The zero-order valence-electron chi connectivity index (χ0n) is 25.3. The molecule has 1 aliphatic heterocycles. The Hall–Kier alpha value is -4.40. The molecule has 3 aromatic heterocycles. The number of carbonyl (C=O) groups is 1. The summed E-state index contributed by atoms with van der Waals surface area (Å²) in [6.45, 7) is 0.923. The van der Waals surface area contributed by atoms with Crippen molar-refractivity contribution in [3.63, 3.8) is 0 Å². The summed E-state index contributed by atoms with van der Waals surface area (Å²) >= 11 is 0. The molecule has 2 aromatic carbocycles. The van der Waals surface area contributed by atoms with E-state index in [2.05, 4.69) is 4.57 Å². The number of aromatic nitrogens is 4. The molecule has 5 aromatic rings. The minimum absolute atomic E-state index is 0.0171. The third-order valence-corrected chi connectivity index (χ3v) is 9.69. The molecule has 1 saturated heterocycles. The highest BCUT2D eigenvalue weighted by atomic mass is 32.2. The summed E-state index contributed by atoms with van der Waals surface area (Å²) in [6, 6.07) is 11.9. The van der Waals surface area contributed by atoms with E-state index < -0.39 is 28.1 Å². The van der Waals surface area contributed by atoms with Gasteiger partial charge < -0.3 is 24.5 Å². The molecule has 1 aliphatic carbocycles. The number of likely N-dealkylation sites (tertiary alicyclic amines) is 1. The number of carbonyl (C=O) groups excluding carboxylic acids is 1. The number of sulfonamides is 1. The molecular weight excluding hydrogens is 616 g/mol. The summed E-state index contributed by atoms with van der Waals surface area (Å²) in [7, 11) is -0.672. The standard InChI is InChI=1S/C32H33F2N7O4S/c1-39-29-26(9-19(11-28(29)45-2)32(42)40-15-20(33)12-21(35)16-40)38-31(39)27-10-18-5-8-25(37-30(18)41(27)14-17-3-4-17)23-7-6-22(13-24(23)34)46(36,43)44/h5-11,13,17,20-21H,3-4,12,14-16,35H2,1-2H3,(H2,36,43,44)/t20-,21-/m1/s1. The van der Waals surface area contributed by atoms with E-state index in [1.165, 1.54) is 24.1 Å². The summed E-state index contributed by atoms with van der Waals surface area (Å²) < 4.78 is 62.5. The number of alkyl halides is 1. The Labute approximate surface area is 263 Å². The molecular formula is C32H33F2N7O4S.